The Kier molecular flexibility index (Phi) is 8.19. The third-order valence-corrected chi connectivity index (χ3v) is 7.86. The maximum atomic E-state index is 13.6. The zero-order chi connectivity index (χ0) is 28.7. The molecule has 15 heteroatoms. The predicted octanol–water partition coefficient (Wildman–Crippen LogP) is 5.91. The fraction of sp³-hybridized carbons (Fsp3) is 0.261. The van der Waals surface area contributed by atoms with Gasteiger partial charge in [-0.2, -0.15) is 21.6 Å². The van der Waals surface area contributed by atoms with Crippen LogP contribution in [0.2, 0.25) is 10.0 Å². The van der Waals surface area contributed by atoms with Crippen molar-refractivity contribution in [3.8, 4) is 5.75 Å². The zero-order valence-electron chi connectivity index (χ0n) is 19.9. The fourth-order valence-corrected chi connectivity index (χ4v) is 5.78. The van der Waals surface area contributed by atoms with Gasteiger partial charge in [-0.25, -0.2) is 8.42 Å². The van der Waals surface area contributed by atoms with Crippen molar-refractivity contribution in [2.24, 2.45) is 0 Å². The van der Waals surface area contributed by atoms with Crippen molar-refractivity contribution >= 4 is 65.8 Å². The van der Waals surface area contributed by atoms with E-state index in [-0.39, 0.29) is 26.0 Å². The van der Waals surface area contributed by atoms with Crippen molar-refractivity contribution < 1.29 is 43.7 Å². The van der Waals surface area contributed by atoms with Gasteiger partial charge >= 0.3 is 21.6 Å². The minimum absolute atomic E-state index is 0.00367. The van der Waals surface area contributed by atoms with Gasteiger partial charge in [0.25, 0.3) is 10.0 Å². The van der Waals surface area contributed by atoms with E-state index < -0.39 is 49.5 Å². The van der Waals surface area contributed by atoms with Crippen LogP contribution in [-0.4, -0.2) is 40.5 Å². The zero-order valence-corrected chi connectivity index (χ0v) is 23.1. The number of sulfonamides is 1. The number of hydrogen-bond acceptors (Lipinski definition) is 7. The molecule has 8 nitrogen and oxygen atoms in total. The minimum atomic E-state index is -5.89. The number of nitrogens with zero attached hydrogens (tertiary/aromatic N) is 1. The molecule has 38 heavy (non-hydrogen) atoms. The molecule has 0 atom stereocenters. The van der Waals surface area contributed by atoms with E-state index in [0.717, 1.165) is 28.6 Å². The lowest BCUT2D eigenvalue weighted by Gasteiger charge is -2.26. The maximum absolute atomic E-state index is 13.6. The van der Waals surface area contributed by atoms with Crippen LogP contribution in [0.25, 0.3) is 10.8 Å². The topological polar surface area (TPSA) is 107 Å². The molecule has 0 amide bonds. The molecule has 0 spiro atoms. The number of anilines is 1. The minimum Gasteiger partial charge on any atom is -0.459 e. The molecule has 3 aromatic carbocycles. The lowest BCUT2D eigenvalue weighted by atomic mass is 10.1. The third-order valence-electron chi connectivity index (χ3n) is 4.69. The number of benzene rings is 3. The molecule has 0 fully saturated rings. The maximum Gasteiger partial charge on any atom is 0.534 e. The molecule has 0 aromatic heterocycles. The SMILES string of the molecule is CC(C)(C)OC(=O)CN(c1ccc2cc(OS(=O)(=O)C(F)(F)F)ccc2c1)S(=O)(=O)c1cc(Cl)cc(Cl)c1. The quantitative estimate of drug-likeness (QED) is 0.185. The first kappa shape index (κ1) is 29.8. The Morgan fingerprint density at radius 2 is 1.42 bits per heavy atom. The van der Waals surface area contributed by atoms with Crippen molar-refractivity contribution in [1.29, 1.82) is 0 Å². The molecule has 0 aliphatic rings. The van der Waals surface area contributed by atoms with Crippen LogP contribution in [0.5, 0.6) is 5.75 Å². The highest BCUT2D eigenvalue weighted by molar-refractivity contribution is 7.92. The number of fused-ring (bicyclic) bond motifs is 1. The summed E-state index contributed by atoms with van der Waals surface area (Å²) in [6.07, 6.45) is 0. The number of halogens is 5. The normalized spacial score (nSPS) is 12.8. The second-order valence-electron chi connectivity index (χ2n) is 8.88. The molecular weight excluding hydrogens is 594 g/mol. The Balaban J connectivity index is 2.08. The van der Waals surface area contributed by atoms with Crippen LogP contribution < -0.4 is 8.49 Å². The van der Waals surface area contributed by atoms with E-state index in [1.165, 1.54) is 30.3 Å². The summed E-state index contributed by atoms with van der Waals surface area (Å²) in [6.45, 7) is 4.08. The third kappa shape index (κ3) is 7.01. The lowest BCUT2D eigenvalue weighted by Crippen LogP contribution is -2.39. The van der Waals surface area contributed by atoms with Crippen LogP contribution in [0.4, 0.5) is 18.9 Å². The molecule has 3 rings (SSSR count). The van der Waals surface area contributed by atoms with Crippen LogP contribution in [0.1, 0.15) is 20.8 Å². The van der Waals surface area contributed by atoms with Gasteiger partial charge in [0.15, 0.2) is 0 Å². The molecular formula is C23H20Cl2F3NO7S2. The Labute approximate surface area is 227 Å². The number of esters is 1. The Hall–Kier alpha value is -2.74. The number of ether oxygens (including phenoxy) is 1. The number of hydrogen-bond donors (Lipinski definition) is 0. The van der Waals surface area contributed by atoms with Crippen LogP contribution in [0.3, 0.4) is 0 Å². The summed E-state index contributed by atoms with van der Waals surface area (Å²) < 4.78 is 97.9. The van der Waals surface area contributed by atoms with Gasteiger partial charge in [-0.3, -0.25) is 9.10 Å². The van der Waals surface area contributed by atoms with Crippen LogP contribution in [0, 0.1) is 0 Å². The molecule has 206 valence electrons. The summed E-state index contributed by atoms with van der Waals surface area (Å²) in [5.41, 5.74) is -6.54. The van der Waals surface area contributed by atoms with E-state index in [2.05, 4.69) is 4.18 Å². The Bertz CT molecular complexity index is 1580. The second kappa shape index (κ2) is 10.4. The first-order valence-electron chi connectivity index (χ1n) is 10.5. The van der Waals surface area contributed by atoms with Crippen molar-refractivity contribution in [3.63, 3.8) is 0 Å². The first-order chi connectivity index (χ1) is 17.3. The molecule has 0 radical (unpaired) electrons. The molecule has 0 aliphatic carbocycles. The second-order valence-corrected chi connectivity index (χ2v) is 13.2. The Morgan fingerprint density at radius 1 is 0.868 bits per heavy atom. The molecule has 0 N–H and O–H groups in total. The molecule has 3 aromatic rings. The summed E-state index contributed by atoms with van der Waals surface area (Å²) in [6, 6.07) is 10.8. The van der Waals surface area contributed by atoms with E-state index in [4.69, 9.17) is 27.9 Å². The van der Waals surface area contributed by atoms with Gasteiger partial charge < -0.3 is 8.92 Å². The van der Waals surface area contributed by atoms with Crippen molar-refractivity contribution in [1.82, 2.24) is 0 Å². The first-order valence-corrected chi connectivity index (χ1v) is 14.1. The largest absolute Gasteiger partial charge is 0.534 e. The monoisotopic (exact) mass is 613 g/mol. The molecule has 0 saturated carbocycles. The summed E-state index contributed by atoms with van der Waals surface area (Å²) in [5.74, 6) is -1.47. The highest BCUT2D eigenvalue weighted by atomic mass is 35.5. The number of carbonyl (C=O) groups excluding carboxylic acids is 1. The molecule has 0 unspecified atom stereocenters. The van der Waals surface area contributed by atoms with Crippen molar-refractivity contribution in [2.45, 2.75) is 36.8 Å². The predicted molar refractivity (Wildman–Crippen MR) is 136 cm³/mol. The summed E-state index contributed by atoms with van der Waals surface area (Å²) in [4.78, 5) is 12.3. The van der Waals surface area contributed by atoms with Crippen LogP contribution >= 0.6 is 23.2 Å². The smallest absolute Gasteiger partial charge is 0.459 e. The average molecular weight is 614 g/mol. The van der Waals surface area contributed by atoms with E-state index >= 15 is 0 Å². The van der Waals surface area contributed by atoms with E-state index in [0.29, 0.717) is 5.39 Å². The van der Waals surface area contributed by atoms with Gasteiger partial charge in [-0.05, 0) is 74.0 Å². The van der Waals surface area contributed by atoms with E-state index in [9.17, 15) is 34.8 Å². The van der Waals surface area contributed by atoms with E-state index in [1.807, 2.05) is 0 Å². The van der Waals surface area contributed by atoms with Crippen molar-refractivity contribution in [3.05, 3.63) is 64.6 Å². The highest BCUT2D eigenvalue weighted by Gasteiger charge is 2.48. The van der Waals surface area contributed by atoms with Gasteiger partial charge in [0, 0.05) is 10.0 Å². The molecule has 0 aliphatic heterocycles. The van der Waals surface area contributed by atoms with Crippen LogP contribution in [0.15, 0.2) is 59.5 Å². The molecule has 0 heterocycles. The van der Waals surface area contributed by atoms with Gasteiger partial charge in [-0.1, -0.05) is 35.3 Å². The number of alkyl halides is 3. The Morgan fingerprint density at radius 3 is 1.97 bits per heavy atom. The van der Waals surface area contributed by atoms with Crippen molar-refractivity contribution in [2.75, 3.05) is 10.8 Å². The number of carbonyl (C=O) groups is 1. The van der Waals surface area contributed by atoms with Gasteiger partial charge in [0.05, 0.1) is 10.6 Å². The standard InChI is InChI=1S/C23H20Cl2F3NO7S2/c1-22(2,3)35-21(30)13-29(37(31,32)20-11-16(24)10-17(25)12-20)18-6-4-15-9-19(7-5-14(15)8-18)36-38(33,34)23(26,27)28/h4-12H,13H2,1-3H3. The highest BCUT2D eigenvalue weighted by Crippen LogP contribution is 2.33. The van der Waals surface area contributed by atoms with Gasteiger partial charge in [0.2, 0.25) is 0 Å². The fourth-order valence-electron chi connectivity index (χ4n) is 3.20. The van der Waals surface area contributed by atoms with Crippen LogP contribution in [-0.2, 0) is 29.7 Å². The molecule has 0 bridgehead atoms. The van der Waals surface area contributed by atoms with Gasteiger partial charge in [0.1, 0.15) is 17.9 Å². The summed E-state index contributed by atoms with van der Waals surface area (Å²) in [5, 5.41) is 0.595. The summed E-state index contributed by atoms with van der Waals surface area (Å²) in [7, 11) is -10.3. The number of rotatable bonds is 7. The lowest BCUT2D eigenvalue weighted by molar-refractivity contribution is -0.152. The molecule has 0 saturated heterocycles. The average Bonchev–Trinajstić information content (AvgIpc) is 2.74. The van der Waals surface area contributed by atoms with E-state index in [1.54, 1.807) is 20.8 Å². The van der Waals surface area contributed by atoms with Gasteiger partial charge in [-0.15, -0.1) is 0 Å². The summed E-state index contributed by atoms with van der Waals surface area (Å²) >= 11 is 12.0.